The number of hydrogen-bond donors (Lipinski definition) is 3. The lowest BCUT2D eigenvalue weighted by molar-refractivity contribution is -0.117. The molecule has 0 spiro atoms. The largest absolute Gasteiger partial charge is 0.322 e. The third kappa shape index (κ3) is 4.21. The van der Waals surface area contributed by atoms with E-state index in [9.17, 15) is 9.59 Å². The number of benzodiazepines with no additional fused rings is 1. The Morgan fingerprint density at radius 2 is 1.67 bits per heavy atom. The second kappa shape index (κ2) is 8.84. The van der Waals surface area contributed by atoms with Gasteiger partial charge in [0.1, 0.15) is 0 Å². The number of nitrogens with zero attached hydrogens (tertiary/aromatic N) is 1. The van der Waals surface area contributed by atoms with Crippen LogP contribution in [0.25, 0.3) is 0 Å². The summed E-state index contributed by atoms with van der Waals surface area (Å²) in [6.07, 6.45) is 0.860. The van der Waals surface area contributed by atoms with Gasteiger partial charge in [-0.2, -0.15) is 0 Å². The fourth-order valence-corrected chi connectivity index (χ4v) is 3.76. The van der Waals surface area contributed by atoms with E-state index in [1.807, 2.05) is 85.1 Å². The molecule has 3 N–H and O–H groups in total. The van der Waals surface area contributed by atoms with E-state index in [1.54, 1.807) is 0 Å². The number of thioether (sulfide) groups is 1. The lowest BCUT2D eigenvalue weighted by Crippen LogP contribution is -2.44. The molecule has 3 aromatic carbocycles. The van der Waals surface area contributed by atoms with Crippen LogP contribution in [0.2, 0.25) is 0 Å². The molecular formula is C23H20N4O2S. The minimum atomic E-state index is -1.07. The number of para-hydroxylation sites is 2. The van der Waals surface area contributed by atoms with Crippen LogP contribution in [0.4, 0.5) is 16.2 Å². The van der Waals surface area contributed by atoms with Crippen molar-refractivity contribution < 1.29 is 9.59 Å². The summed E-state index contributed by atoms with van der Waals surface area (Å²) in [6.45, 7) is 0. The third-order valence-electron chi connectivity index (χ3n) is 4.62. The van der Waals surface area contributed by atoms with Crippen molar-refractivity contribution in [3.05, 3.63) is 90.0 Å². The van der Waals surface area contributed by atoms with E-state index in [1.165, 1.54) is 11.8 Å². The number of benzene rings is 3. The number of carbonyl (C=O) groups excluding carboxylic acids is 2. The number of hydrogen-bond acceptors (Lipinski definition) is 4. The maximum absolute atomic E-state index is 12.8. The molecule has 0 radical (unpaired) electrons. The average Bonchev–Trinajstić information content (AvgIpc) is 2.91. The van der Waals surface area contributed by atoms with Crippen LogP contribution in [0, 0.1) is 0 Å². The van der Waals surface area contributed by atoms with Crippen molar-refractivity contribution in [2.45, 2.75) is 11.1 Å². The number of fused-ring (bicyclic) bond motifs is 1. The maximum atomic E-state index is 12.8. The zero-order chi connectivity index (χ0) is 20.9. The predicted octanol–water partition coefficient (Wildman–Crippen LogP) is 4.35. The Bertz CT molecular complexity index is 1110. The third-order valence-corrected chi connectivity index (χ3v) is 5.41. The fraction of sp³-hybridized carbons (Fsp3) is 0.0870. The first kappa shape index (κ1) is 19.7. The standard InChI is InChI=1S/C23H20N4O2S/c1-30-19-14-8-7-13-18(19)25-23(29)27-21-22(28)24-17-12-6-5-11-16(17)20(26-21)15-9-3-2-4-10-15/h2-14,21H,1H3,(H,24,28)(H2,25,27,29). The van der Waals surface area contributed by atoms with Gasteiger partial charge in [0, 0.05) is 16.0 Å². The molecule has 0 aromatic heterocycles. The van der Waals surface area contributed by atoms with E-state index in [0.717, 1.165) is 16.0 Å². The van der Waals surface area contributed by atoms with Crippen molar-refractivity contribution >= 4 is 40.8 Å². The first-order valence-electron chi connectivity index (χ1n) is 9.40. The lowest BCUT2D eigenvalue weighted by Gasteiger charge is -2.15. The normalized spacial score (nSPS) is 15.3. The van der Waals surface area contributed by atoms with Crippen LogP contribution in [-0.2, 0) is 4.79 Å². The molecule has 3 aromatic rings. The van der Waals surface area contributed by atoms with E-state index in [4.69, 9.17) is 0 Å². The zero-order valence-electron chi connectivity index (χ0n) is 16.3. The van der Waals surface area contributed by atoms with E-state index < -0.39 is 18.1 Å². The van der Waals surface area contributed by atoms with Crippen molar-refractivity contribution in [2.75, 3.05) is 16.9 Å². The van der Waals surface area contributed by atoms with E-state index in [-0.39, 0.29) is 0 Å². The summed E-state index contributed by atoms with van der Waals surface area (Å²) in [5.41, 5.74) is 3.63. The molecule has 1 aliphatic heterocycles. The summed E-state index contributed by atoms with van der Waals surface area (Å²) >= 11 is 1.53. The Labute approximate surface area is 178 Å². The van der Waals surface area contributed by atoms with Crippen LogP contribution in [0.5, 0.6) is 0 Å². The van der Waals surface area contributed by atoms with Crippen LogP contribution in [0.15, 0.2) is 88.8 Å². The lowest BCUT2D eigenvalue weighted by atomic mass is 10.0. The maximum Gasteiger partial charge on any atom is 0.321 e. The van der Waals surface area contributed by atoms with Gasteiger partial charge in [0.2, 0.25) is 6.17 Å². The SMILES string of the molecule is CSc1ccccc1NC(=O)NC1N=C(c2ccccc2)c2ccccc2NC1=O. The molecule has 4 rings (SSSR count). The Morgan fingerprint density at radius 3 is 2.47 bits per heavy atom. The van der Waals surface area contributed by atoms with Crippen LogP contribution in [0.3, 0.4) is 0 Å². The average molecular weight is 417 g/mol. The van der Waals surface area contributed by atoms with Crippen molar-refractivity contribution in [1.29, 1.82) is 0 Å². The summed E-state index contributed by atoms with van der Waals surface area (Å²) in [6, 6.07) is 24.0. The molecule has 7 heteroatoms. The monoisotopic (exact) mass is 416 g/mol. The molecule has 1 aliphatic rings. The van der Waals surface area contributed by atoms with Gasteiger partial charge in [0.05, 0.1) is 17.1 Å². The van der Waals surface area contributed by atoms with Gasteiger partial charge in [-0.1, -0.05) is 60.7 Å². The summed E-state index contributed by atoms with van der Waals surface area (Å²) in [4.78, 5) is 31.0. The highest BCUT2D eigenvalue weighted by molar-refractivity contribution is 7.98. The molecule has 150 valence electrons. The Balaban J connectivity index is 1.64. The Kier molecular flexibility index (Phi) is 5.81. The molecule has 0 saturated heterocycles. The van der Waals surface area contributed by atoms with E-state index >= 15 is 0 Å². The minimum Gasteiger partial charge on any atom is -0.322 e. The van der Waals surface area contributed by atoms with Gasteiger partial charge in [-0.3, -0.25) is 4.79 Å². The number of rotatable bonds is 4. The number of nitrogens with one attached hydrogen (secondary N) is 3. The first-order chi connectivity index (χ1) is 14.7. The van der Waals surface area contributed by atoms with Crippen molar-refractivity contribution in [1.82, 2.24) is 5.32 Å². The molecule has 0 fully saturated rings. The highest BCUT2D eigenvalue weighted by Gasteiger charge is 2.27. The van der Waals surface area contributed by atoms with Crippen LogP contribution in [0.1, 0.15) is 11.1 Å². The molecule has 30 heavy (non-hydrogen) atoms. The van der Waals surface area contributed by atoms with Gasteiger partial charge in [0.25, 0.3) is 5.91 Å². The summed E-state index contributed by atoms with van der Waals surface area (Å²) in [5, 5.41) is 8.35. The molecule has 1 heterocycles. The number of amides is 3. The first-order valence-corrected chi connectivity index (χ1v) is 10.6. The molecule has 3 amide bonds. The minimum absolute atomic E-state index is 0.401. The number of aliphatic imine (C=N–C) groups is 1. The number of anilines is 2. The predicted molar refractivity (Wildman–Crippen MR) is 121 cm³/mol. The molecule has 6 nitrogen and oxygen atoms in total. The van der Waals surface area contributed by atoms with E-state index in [0.29, 0.717) is 17.1 Å². The topological polar surface area (TPSA) is 82.6 Å². The molecule has 0 bridgehead atoms. The summed E-state index contributed by atoms with van der Waals surface area (Å²) < 4.78 is 0. The summed E-state index contributed by atoms with van der Waals surface area (Å²) in [5.74, 6) is -0.401. The van der Waals surface area contributed by atoms with Crippen LogP contribution in [-0.4, -0.2) is 30.1 Å². The smallest absolute Gasteiger partial charge is 0.321 e. The van der Waals surface area contributed by atoms with Gasteiger partial charge >= 0.3 is 6.03 Å². The van der Waals surface area contributed by atoms with Crippen molar-refractivity contribution in [3.63, 3.8) is 0 Å². The zero-order valence-corrected chi connectivity index (χ0v) is 17.1. The van der Waals surface area contributed by atoms with Crippen molar-refractivity contribution in [3.8, 4) is 0 Å². The van der Waals surface area contributed by atoms with Gasteiger partial charge in [-0.15, -0.1) is 11.8 Å². The Morgan fingerprint density at radius 1 is 0.967 bits per heavy atom. The molecular weight excluding hydrogens is 396 g/mol. The van der Waals surface area contributed by atoms with E-state index in [2.05, 4.69) is 20.9 Å². The van der Waals surface area contributed by atoms with Crippen LogP contribution < -0.4 is 16.0 Å². The van der Waals surface area contributed by atoms with Gasteiger partial charge in [0.15, 0.2) is 0 Å². The molecule has 0 saturated carbocycles. The van der Waals surface area contributed by atoms with Crippen LogP contribution >= 0.6 is 11.8 Å². The van der Waals surface area contributed by atoms with Gasteiger partial charge in [-0.25, -0.2) is 9.79 Å². The second-order valence-electron chi connectivity index (χ2n) is 6.58. The molecule has 0 aliphatic carbocycles. The highest BCUT2D eigenvalue weighted by atomic mass is 32.2. The highest BCUT2D eigenvalue weighted by Crippen LogP contribution is 2.25. The number of urea groups is 1. The fourth-order valence-electron chi connectivity index (χ4n) is 3.21. The second-order valence-corrected chi connectivity index (χ2v) is 7.43. The van der Waals surface area contributed by atoms with Gasteiger partial charge < -0.3 is 16.0 Å². The summed E-state index contributed by atoms with van der Waals surface area (Å²) in [7, 11) is 0. The Hall–Kier alpha value is -3.58. The molecule has 1 atom stereocenters. The quantitative estimate of drug-likeness (QED) is 0.553. The van der Waals surface area contributed by atoms with Crippen molar-refractivity contribution in [2.24, 2.45) is 4.99 Å². The number of carbonyl (C=O) groups is 2. The van der Waals surface area contributed by atoms with Gasteiger partial charge in [-0.05, 0) is 24.5 Å². The molecule has 1 unspecified atom stereocenters.